The number of carbonyl (C=O) groups is 4. The molecule has 1 fully saturated rings. The Bertz CT molecular complexity index is 886. The average molecular weight is 466 g/mol. The molecule has 0 aromatic heterocycles. The van der Waals surface area contributed by atoms with Gasteiger partial charge in [-0.25, -0.2) is 24.7 Å². The fraction of sp³-hybridized carbons (Fsp3) is 0.545. The van der Waals surface area contributed by atoms with Gasteiger partial charge in [0.1, 0.15) is 23.6 Å². The molecule has 1 N–H and O–H groups in total. The summed E-state index contributed by atoms with van der Waals surface area (Å²) in [7, 11) is 1.48. The van der Waals surface area contributed by atoms with E-state index in [4.69, 9.17) is 18.9 Å². The van der Waals surface area contributed by atoms with Gasteiger partial charge in [0.25, 0.3) is 5.91 Å². The maximum Gasteiger partial charge on any atom is 0.430 e. The van der Waals surface area contributed by atoms with Crippen molar-refractivity contribution in [2.24, 2.45) is 0 Å². The molecule has 1 aliphatic rings. The van der Waals surface area contributed by atoms with Crippen molar-refractivity contribution in [3.63, 3.8) is 0 Å². The fourth-order valence-corrected chi connectivity index (χ4v) is 2.86. The van der Waals surface area contributed by atoms with E-state index in [9.17, 15) is 19.2 Å². The minimum Gasteiger partial charge on any atom is -0.497 e. The van der Waals surface area contributed by atoms with E-state index in [1.54, 1.807) is 53.7 Å². The van der Waals surface area contributed by atoms with E-state index in [1.165, 1.54) is 19.2 Å². The van der Waals surface area contributed by atoms with Gasteiger partial charge in [-0.1, -0.05) is 12.1 Å². The number of hydrogen-bond donors (Lipinski definition) is 1. The Morgan fingerprint density at radius 3 is 2.06 bits per heavy atom. The Labute approximate surface area is 192 Å². The summed E-state index contributed by atoms with van der Waals surface area (Å²) in [4.78, 5) is 52.1. The van der Waals surface area contributed by atoms with Gasteiger partial charge >= 0.3 is 18.3 Å². The van der Waals surface area contributed by atoms with Crippen molar-refractivity contribution < 1.29 is 38.1 Å². The minimum absolute atomic E-state index is 0.00107. The first-order valence-corrected chi connectivity index (χ1v) is 10.4. The van der Waals surface area contributed by atoms with Gasteiger partial charge in [0, 0.05) is 0 Å². The third kappa shape index (κ3) is 7.26. The van der Waals surface area contributed by atoms with Crippen LogP contribution in [0.1, 0.15) is 53.1 Å². The maximum atomic E-state index is 13.4. The molecule has 0 unspecified atom stereocenters. The average Bonchev–Trinajstić information content (AvgIpc) is 3.11. The number of hydrazine groups is 1. The predicted octanol–water partition coefficient (Wildman–Crippen LogP) is 3.39. The number of carbonyl (C=O) groups excluding carboxylic acids is 4. The molecule has 33 heavy (non-hydrogen) atoms. The molecule has 1 aromatic rings. The van der Waals surface area contributed by atoms with Crippen LogP contribution < -0.4 is 10.2 Å². The molecule has 0 radical (unpaired) electrons. The predicted molar refractivity (Wildman–Crippen MR) is 116 cm³/mol. The van der Waals surface area contributed by atoms with Crippen molar-refractivity contribution in [2.75, 3.05) is 20.3 Å². The molecule has 1 aliphatic heterocycles. The second kappa shape index (κ2) is 9.97. The molecule has 4 amide bonds. The molecule has 0 spiro atoms. The number of nitrogens with zero attached hydrogens (tertiary/aromatic N) is 2. The second-order valence-corrected chi connectivity index (χ2v) is 9.24. The summed E-state index contributed by atoms with van der Waals surface area (Å²) in [5, 5.41) is 0.717. The Balaban J connectivity index is 2.53. The lowest BCUT2D eigenvalue weighted by molar-refractivity contribution is -0.134. The number of imide groups is 1. The van der Waals surface area contributed by atoms with Crippen LogP contribution in [-0.2, 0) is 19.0 Å². The van der Waals surface area contributed by atoms with Crippen LogP contribution in [0.25, 0.3) is 0 Å². The SMILES string of the molecule is COc1ccc([C@@H](C(=O)N2CCOC2=O)N(NC(=O)OC(C)(C)C)C(=O)OC(C)(C)C)cc1. The molecule has 1 heterocycles. The standard InChI is InChI=1S/C22H31N3O8/c1-21(2,3)32-18(27)23-25(20(29)33-22(4,5)6)16(14-8-10-15(30-7)11-9-14)17(26)24-12-13-31-19(24)28/h8-11,16H,12-13H2,1-7H3,(H,23,27)/t16-/m0/s1. The second-order valence-electron chi connectivity index (χ2n) is 9.24. The van der Waals surface area contributed by atoms with Crippen molar-refractivity contribution in [1.82, 2.24) is 15.3 Å². The maximum absolute atomic E-state index is 13.4. The number of benzene rings is 1. The smallest absolute Gasteiger partial charge is 0.430 e. The zero-order chi connectivity index (χ0) is 25.0. The van der Waals surface area contributed by atoms with E-state index >= 15 is 0 Å². The van der Waals surface area contributed by atoms with Gasteiger partial charge in [0.15, 0.2) is 6.04 Å². The van der Waals surface area contributed by atoms with Gasteiger partial charge in [-0.3, -0.25) is 4.79 Å². The minimum atomic E-state index is -1.45. The molecule has 11 nitrogen and oxygen atoms in total. The molecule has 0 aliphatic carbocycles. The first kappa shape index (κ1) is 25.8. The van der Waals surface area contributed by atoms with E-state index in [2.05, 4.69) is 5.43 Å². The molecule has 0 bridgehead atoms. The van der Waals surface area contributed by atoms with Gasteiger partial charge < -0.3 is 18.9 Å². The fourth-order valence-electron chi connectivity index (χ4n) is 2.86. The van der Waals surface area contributed by atoms with Gasteiger partial charge in [-0.05, 0) is 59.2 Å². The Morgan fingerprint density at radius 1 is 1.03 bits per heavy atom. The summed E-state index contributed by atoms with van der Waals surface area (Å²) in [6, 6.07) is 4.79. The van der Waals surface area contributed by atoms with E-state index < -0.39 is 41.4 Å². The molecular weight excluding hydrogens is 434 g/mol. The van der Waals surface area contributed by atoms with Crippen molar-refractivity contribution in [3.05, 3.63) is 29.8 Å². The van der Waals surface area contributed by atoms with Crippen molar-refractivity contribution in [2.45, 2.75) is 58.8 Å². The molecule has 2 rings (SSSR count). The summed E-state index contributed by atoms with van der Waals surface area (Å²) in [6.07, 6.45) is -2.85. The van der Waals surface area contributed by atoms with Crippen LogP contribution in [0, 0.1) is 0 Å². The Hall–Kier alpha value is -3.50. The summed E-state index contributed by atoms with van der Waals surface area (Å²) < 4.78 is 20.7. The van der Waals surface area contributed by atoms with Crippen LogP contribution in [0.2, 0.25) is 0 Å². The lowest BCUT2D eigenvalue weighted by Gasteiger charge is -2.34. The third-order valence-electron chi connectivity index (χ3n) is 4.15. The normalized spacial score (nSPS) is 14.8. The largest absolute Gasteiger partial charge is 0.497 e. The van der Waals surface area contributed by atoms with E-state index in [0.29, 0.717) is 11.3 Å². The molecule has 0 saturated carbocycles. The van der Waals surface area contributed by atoms with Crippen LogP contribution in [-0.4, -0.2) is 65.6 Å². The highest BCUT2D eigenvalue weighted by Gasteiger charge is 2.42. The Morgan fingerprint density at radius 2 is 1.61 bits per heavy atom. The van der Waals surface area contributed by atoms with Gasteiger partial charge in [0.05, 0.1) is 13.7 Å². The quantitative estimate of drug-likeness (QED) is 0.530. The highest BCUT2D eigenvalue weighted by Crippen LogP contribution is 2.27. The molecule has 1 saturated heterocycles. The monoisotopic (exact) mass is 465 g/mol. The summed E-state index contributed by atoms with van der Waals surface area (Å²) in [5.41, 5.74) is 0.791. The topological polar surface area (TPSA) is 124 Å². The van der Waals surface area contributed by atoms with Crippen molar-refractivity contribution in [1.29, 1.82) is 0 Å². The number of ether oxygens (including phenoxy) is 4. The van der Waals surface area contributed by atoms with Gasteiger partial charge in [-0.2, -0.15) is 5.01 Å². The first-order valence-electron chi connectivity index (χ1n) is 10.4. The van der Waals surface area contributed by atoms with E-state index in [-0.39, 0.29) is 13.2 Å². The van der Waals surface area contributed by atoms with Crippen LogP contribution in [0.5, 0.6) is 5.75 Å². The summed E-state index contributed by atoms with van der Waals surface area (Å²) in [6.45, 7) is 9.88. The highest BCUT2D eigenvalue weighted by molar-refractivity contribution is 5.98. The van der Waals surface area contributed by atoms with Crippen LogP contribution in [0.3, 0.4) is 0 Å². The number of hydrogen-bond acceptors (Lipinski definition) is 8. The third-order valence-corrected chi connectivity index (χ3v) is 4.15. The van der Waals surface area contributed by atoms with Gasteiger partial charge in [0.2, 0.25) is 0 Å². The molecule has 11 heteroatoms. The lowest BCUT2D eigenvalue weighted by Crippen LogP contribution is -2.55. The number of nitrogens with one attached hydrogen (secondary N) is 1. The van der Waals surface area contributed by atoms with Crippen LogP contribution >= 0.6 is 0 Å². The zero-order valence-corrected chi connectivity index (χ0v) is 20.0. The molecule has 1 atom stereocenters. The van der Waals surface area contributed by atoms with Crippen LogP contribution in [0.4, 0.5) is 14.4 Å². The van der Waals surface area contributed by atoms with Crippen LogP contribution in [0.15, 0.2) is 24.3 Å². The van der Waals surface area contributed by atoms with E-state index in [0.717, 1.165) is 9.91 Å². The summed E-state index contributed by atoms with van der Waals surface area (Å²) >= 11 is 0. The van der Waals surface area contributed by atoms with Gasteiger partial charge in [-0.15, -0.1) is 0 Å². The zero-order valence-electron chi connectivity index (χ0n) is 20.0. The Kier molecular flexibility index (Phi) is 7.78. The summed E-state index contributed by atoms with van der Waals surface area (Å²) in [5.74, 6) is -0.279. The van der Waals surface area contributed by atoms with Crippen molar-refractivity contribution in [3.8, 4) is 5.75 Å². The molecular formula is C22H31N3O8. The lowest BCUT2D eigenvalue weighted by atomic mass is 10.0. The highest BCUT2D eigenvalue weighted by atomic mass is 16.6. The number of rotatable bonds is 4. The molecule has 182 valence electrons. The van der Waals surface area contributed by atoms with E-state index in [1.807, 2.05) is 0 Å². The van der Waals surface area contributed by atoms with Crippen molar-refractivity contribution >= 4 is 24.2 Å². The number of cyclic esters (lactones) is 1. The number of amides is 4. The number of methoxy groups -OCH3 is 1. The first-order chi connectivity index (χ1) is 15.2. The molecule has 1 aromatic carbocycles.